The molecule has 1 N–H and O–H groups in total. The number of hydrogen-bond acceptors (Lipinski definition) is 2. The lowest BCUT2D eigenvalue weighted by Gasteiger charge is -2.57. The minimum atomic E-state index is 0.203. The predicted octanol–water partition coefficient (Wildman–Crippen LogP) is 5.11. The van der Waals surface area contributed by atoms with Crippen LogP contribution in [-0.2, 0) is 0 Å². The van der Waals surface area contributed by atoms with Gasteiger partial charge in [0.2, 0.25) is 0 Å². The molecular formula is C21H28ClNO. The summed E-state index contributed by atoms with van der Waals surface area (Å²) in [5.74, 6) is 3.29. The fraction of sp³-hybridized carbons (Fsp3) is 0.667. The van der Waals surface area contributed by atoms with Gasteiger partial charge in [-0.3, -0.25) is 4.79 Å². The molecule has 0 unspecified atom stereocenters. The maximum Gasteiger partial charge on any atom is 0.164 e. The van der Waals surface area contributed by atoms with Crippen LogP contribution in [0.3, 0.4) is 0 Å². The minimum absolute atomic E-state index is 0.203. The van der Waals surface area contributed by atoms with Crippen LogP contribution in [0.1, 0.15) is 61.7 Å². The van der Waals surface area contributed by atoms with Gasteiger partial charge >= 0.3 is 0 Å². The van der Waals surface area contributed by atoms with Gasteiger partial charge in [0.1, 0.15) is 0 Å². The molecule has 0 spiro atoms. The van der Waals surface area contributed by atoms with Gasteiger partial charge in [0, 0.05) is 23.6 Å². The molecule has 0 aliphatic heterocycles. The molecule has 0 atom stereocenters. The van der Waals surface area contributed by atoms with Crippen molar-refractivity contribution in [1.29, 1.82) is 0 Å². The summed E-state index contributed by atoms with van der Waals surface area (Å²) in [6.07, 6.45) is 10.9. The molecule has 1 aromatic carbocycles. The van der Waals surface area contributed by atoms with Gasteiger partial charge in [0.15, 0.2) is 5.78 Å². The van der Waals surface area contributed by atoms with E-state index in [2.05, 4.69) is 5.32 Å². The molecule has 4 saturated carbocycles. The number of nitrogens with one attached hydrogen (secondary N) is 1. The van der Waals surface area contributed by atoms with E-state index in [0.717, 1.165) is 36.4 Å². The van der Waals surface area contributed by atoms with Crippen molar-refractivity contribution in [3.63, 3.8) is 0 Å². The summed E-state index contributed by atoms with van der Waals surface area (Å²) in [5.41, 5.74) is 1.41. The van der Waals surface area contributed by atoms with Crippen molar-refractivity contribution in [3.8, 4) is 0 Å². The third-order valence-corrected chi connectivity index (χ3v) is 6.94. The summed E-state index contributed by atoms with van der Waals surface area (Å²) in [5, 5.41) is 4.21. The summed E-state index contributed by atoms with van der Waals surface area (Å²) in [4.78, 5) is 12.2. The van der Waals surface area contributed by atoms with Gasteiger partial charge in [-0.25, -0.2) is 0 Å². The predicted molar refractivity (Wildman–Crippen MR) is 98.5 cm³/mol. The van der Waals surface area contributed by atoms with E-state index in [9.17, 15) is 4.79 Å². The van der Waals surface area contributed by atoms with E-state index >= 15 is 0 Å². The fourth-order valence-corrected chi connectivity index (χ4v) is 6.18. The van der Waals surface area contributed by atoms with Crippen molar-refractivity contribution in [2.75, 3.05) is 13.1 Å². The highest BCUT2D eigenvalue weighted by atomic mass is 35.5. The van der Waals surface area contributed by atoms with Crippen molar-refractivity contribution in [2.45, 2.75) is 51.4 Å². The highest BCUT2D eigenvalue weighted by Gasteiger charge is 2.50. The molecule has 4 fully saturated rings. The normalized spacial score (nSPS) is 33.8. The number of carbonyl (C=O) groups excluding carboxylic acids is 1. The van der Waals surface area contributed by atoms with Gasteiger partial charge < -0.3 is 5.32 Å². The Morgan fingerprint density at radius 2 is 1.58 bits per heavy atom. The van der Waals surface area contributed by atoms with E-state index in [-0.39, 0.29) is 5.78 Å². The number of rotatable bonds is 7. The van der Waals surface area contributed by atoms with Crippen molar-refractivity contribution < 1.29 is 4.79 Å². The van der Waals surface area contributed by atoms with Crippen LogP contribution < -0.4 is 5.32 Å². The van der Waals surface area contributed by atoms with Crippen LogP contribution in [0.2, 0.25) is 5.02 Å². The highest BCUT2D eigenvalue weighted by molar-refractivity contribution is 6.30. The quantitative estimate of drug-likeness (QED) is 0.549. The first-order valence-electron chi connectivity index (χ1n) is 9.61. The minimum Gasteiger partial charge on any atom is -0.316 e. The van der Waals surface area contributed by atoms with Crippen LogP contribution in [0.4, 0.5) is 0 Å². The van der Waals surface area contributed by atoms with E-state index in [4.69, 9.17) is 11.6 Å². The molecule has 130 valence electrons. The second-order valence-electron chi connectivity index (χ2n) is 8.60. The number of halogens is 1. The zero-order valence-electron chi connectivity index (χ0n) is 14.4. The Morgan fingerprint density at radius 3 is 2.17 bits per heavy atom. The SMILES string of the molecule is O=C(CCNCCC12CC3CC(CC(C3)C1)C2)c1ccc(Cl)cc1. The molecular weight excluding hydrogens is 318 g/mol. The molecule has 1 aromatic rings. The smallest absolute Gasteiger partial charge is 0.164 e. The Bertz CT molecular complexity index is 559. The molecule has 2 nitrogen and oxygen atoms in total. The first-order chi connectivity index (χ1) is 11.6. The average molecular weight is 346 g/mol. The first kappa shape index (κ1) is 16.6. The molecule has 4 aliphatic rings. The number of benzene rings is 1. The lowest BCUT2D eigenvalue weighted by Crippen LogP contribution is -2.47. The van der Waals surface area contributed by atoms with E-state index in [0.29, 0.717) is 16.9 Å². The maximum absolute atomic E-state index is 12.2. The molecule has 0 saturated heterocycles. The molecule has 3 heteroatoms. The summed E-state index contributed by atoms with van der Waals surface area (Å²) in [7, 11) is 0. The second-order valence-corrected chi connectivity index (χ2v) is 9.03. The molecule has 24 heavy (non-hydrogen) atoms. The fourth-order valence-electron chi connectivity index (χ4n) is 6.06. The summed E-state index contributed by atoms with van der Waals surface area (Å²) in [6, 6.07) is 7.21. The third kappa shape index (κ3) is 3.55. The van der Waals surface area contributed by atoms with Crippen LogP contribution in [0.25, 0.3) is 0 Å². The van der Waals surface area contributed by atoms with Crippen molar-refractivity contribution in [2.24, 2.45) is 23.2 Å². The topological polar surface area (TPSA) is 29.1 Å². The summed E-state index contributed by atoms with van der Waals surface area (Å²) < 4.78 is 0. The van der Waals surface area contributed by atoms with E-state index in [1.54, 1.807) is 12.1 Å². The zero-order valence-corrected chi connectivity index (χ0v) is 15.2. The van der Waals surface area contributed by atoms with Crippen LogP contribution in [-0.4, -0.2) is 18.9 Å². The monoisotopic (exact) mass is 345 g/mol. The molecule has 4 bridgehead atoms. The third-order valence-electron chi connectivity index (χ3n) is 6.69. The Morgan fingerprint density at radius 1 is 1.00 bits per heavy atom. The standard InChI is InChI=1S/C21H28ClNO/c22-19-3-1-18(2-4-19)20(24)5-7-23-8-6-21-12-15-9-16(13-21)11-17(10-15)14-21/h1-4,15-17,23H,5-14H2. The van der Waals surface area contributed by atoms with Crippen LogP contribution in [0, 0.1) is 23.2 Å². The van der Waals surface area contributed by atoms with Gasteiger partial charge in [-0.1, -0.05) is 11.6 Å². The zero-order chi connectivity index (χ0) is 16.6. The van der Waals surface area contributed by atoms with Gasteiger partial charge in [0.25, 0.3) is 0 Å². The number of Topliss-reactive ketones (excluding diaryl/α,β-unsaturated/α-hetero) is 1. The Hall–Kier alpha value is -0.860. The molecule has 0 heterocycles. The number of ketones is 1. The van der Waals surface area contributed by atoms with Gasteiger partial charge in [-0.15, -0.1) is 0 Å². The summed E-state index contributed by atoms with van der Waals surface area (Å²) in [6.45, 7) is 1.86. The molecule has 5 rings (SSSR count). The average Bonchev–Trinajstić information content (AvgIpc) is 2.53. The molecule has 0 radical (unpaired) electrons. The van der Waals surface area contributed by atoms with Gasteiger partial charge in [-0.05, 0) is 98.9 Å². The van der Waals surface area contributed by atoms with Crippen LogP contribution in [0.15, 0.2) is 24.3 Å². The Balaban J connectivity index is 1.20. The van der Waals surface area contributed by atoms with Crippen molar-refractivity contribution in [3.05, 3.63) is 34.9 Å². The Labute approximate surface area is 150 Å². The number of carbonyl (C=O) groups is 1. The second kappa shape index (κ2) is 6.80. The molecule has 0 aromatic heterocycles. The van der Waals surface area contributed by atoms with Crippen molar-refractivity contribution >= 4 is 17.4 Å². The van der Waals surface area contributed by atoms with E-state index in [1.165, 1.54) is 44.9 Å². The first-order valence-corrected chi connectivity index (χ1v) is 9.99. The maximum atomic E-state index is 12.2. The van der Waals surface area contributed by atoms with Gasteiger partial charge in [0.05, 0.1) is 0 Å². The van der Waals surface area contributed by atoms with Crippen LogP contribution in [0.5, 0.6) is 0 Å². The number of hydrogen-bond donors (Lipinski definition) is 1. The molecule has 0 amide bonds. The lowest BCUT2D eigenvalue weighted by atomic mass is 9.49. The highest BCUT2D eigenvalue weighted by Crippen LogP contribution is 2.61. The Kier molecular flexibility index (Phi) is 4.70. The largest absolute Gasteiger partial charge is 0.316 e. The van der Waals surface area contributed by atoms with Crippen molar-refractivity contribution in [1.82, 2.24) is 5.32 Å². The van der Waals surface area contributed by atoms with E-state index in [1.807, 2.05) is 12.1 Å². The lowest BCUT2D eigenvalue weighted by molar-refractivity contribution is -0.0566. The summed E-state index contributed by atoms with van der Waals surface area (Å²) >= 11 is 5.87. The molecule has 4 aliphatic carbocycles. The van der Waals surface area contributed by atoms with Gasteiger partial charge in [-0.2, -0.15) is 0 Å². The van der Waals surface area contributed by atoms with E-state index < -0.39 is 0 Å². The van der Waals surface area contributed by atoms with Crippen LogP contribution >= 0.6 is 11.6 Å².